The van der Waals surface area contributed by atoms with E-state index >= 15 is 0 Å². The molecule has 1 atom stereocenters. The van der Waals surface area contributed by atoms with Crippen LogP contribution in [0.15, 0.2) is 0 Å². The van der Waals surface area contributed by atoms with Crippen molar-refractivity contribution in [3.8, 4) is 0 Å². The van der Waals surface area contributed by atoms with Gasteiger partial charge in [0.15, 0.2) is 0 Å². The van der Waals surface area contributed by atoms with Gasteiger partial charge >= 0.3 is 6.03 Å². The molecule has 104 valence electrons. The van der Waals surface area contributed by atoms with Crippen molar-refractivity contribution in [3.63, 3.8) is 0 Å². The van der Waals surface area contributed by atoms with Gasteiger partial charge in [-0.05, 0) is 63.2 Å². The van der Waals surface area contributed by atoms with Gasteiger partial charge < -0.3 is 10.6 Å². The van der Waals surface area contributed by atoms with Gasteiger partial charge in [-0.1, -0.05) is 13.8 Å². The lowest BCUT2D eigenvalue weighted by atomic mass is 10.0. The van der Waals surface area contributed by atoms with E-state index in [-0.39, 0.29) is 12.1 Å². The van der Waals surface area contributed by atoms with E-state index in [4.69, 9.17) is 0 Å². The van der Waals surface area contributed by atoms with Crippen LogP contribution in [0.3, 0.4) is 0 Å². The molecule has 2 rings (SSSR count). The van der Waals surface area contributed by atoms with Gasteiger partial charge in [0, 0.05) is 12.1 Å². The number of nitrogens with one attached hydrogen (secondary N) is 2. The van der Waals surface area contributed by atoms with Gasteiger partial charge in [-0.15, -0.1) is 0 Å². The van der Waals surface area contributed by atoms with Crippen molar-refractivity contribution < 1.29 is 4.79 Å². The van der Waals surface area contributed by atoms with Crippen molar-refractivity contribution in [2.75, 3.05) is 0 Å². The number of amides is 2. The Kier molecular flexibility index (Phi) is 4.52. The van der Waals surface area contributed by atoms with Crippen LogP contribution in [0.1, 0.15) is 59.3 Å². The minimum Gasteiger partial charge on any atom is -0.336 e. The van der Waals surface area contributed by atoms with E-state index in [2.05, 4.69) is 31.4 Å². The second-order valence-corrected chi connectivity index (χ2v) is 6.69. The lowest BCUT2D eigenvalue weighted by Gasteiger charge is -2.21. The Hall–Kier alpha value is -0.730. The molecular weight excluding hydrogens is 224 g/mol. The first kappa shape index (κ1) is 13.7. The summed E-state index contributed by atoms with van der Waals surface area (Å²) in [7, 11) is 0. The summed E-state index contributed by atoms with van der Waals surface area (Å²) in [6.45, 7) is 6.55. The minimum absolute atomic E-state index is 0.0510. The standard InChI is InChI=1S/C15H28N2O/c1-10(2)4-5-11(3)16-15(18)17-14(12-6-7-12)13-8-9-13/h10-14H,4-9H2,1-3H3,(H2,16,17,18). The highest BCUT2D eigenvalue weighted by Crippen LogP contribution is 2.44. The third-order valence-corrected chi connectivity index (χ3v) is 4.11. The van der Waals surface area contributed by atoms with Gasteiger partial charge in [0.1, 0.15) is 0 Å². The Labute approximate surface area is 111 Å². The fourth-order valence-electron chi connectivity index (χ4n) is 2.60. The molecule has 3 nitrogen and oxygen atoms in total. The van der Waals surface area contributed by atoms with E-state index in [1.54, 1.807) is 0 Å². The van der Waals surface area contributed by atoms with E-state index in [9.17, 15) is 4.79 Å². The van der Waals surface area contributed by atoms with Crippen LogP contribution in [0.4, 0.5) is 4.79 Å². The third kappa shape index (κ3) is 4.51. The molecule has 0 aromatic rings. The molecule has 0 heterocycles. The highest BCUT2D eigenvalue weighted by Gasteiger charge is 2.42. The molecule has 2 aliphatic rings. The van der Waals surface area contributed by atoms with Crippen LogP contribution >= 0.6 is 0 Å². The average Bonchev–Trinajstić information content (AvgIpc) is 3.15. The Morgan fingerprint density at radius 2 is 1.56 bits per heavy atom. The number of rotatable bonds is 7. The molecule has 0 bridgehead atoms. The first-order chi connectivity index (χ1) is 8.56. The SMILES string of the molecule is CC(C)CCC(C)NC(=O)NC(C1CC1)C1CC1. The first-order valence-corrected chi connectivity index (χ1v) is 7.63. The van der Waals surface area contributed by atoms with Crippen LogP contribution in [0, 0.1) is 17.8 Å². The number of urea groups is 1. The smallest absolute Gasteiger partial charge is 0.315 e. The van der Waals surface area contributed by atoms with Gasteiger partial charge in [-0.2, -0.15) is 0 Å². The first-order valence-electron chi connectivity index (χ1n) is 7.63. The molecule has 0 aliphatic heterocycles. The maximum atomic E-state index is 12.0. The van der Waals surface area contributed by atoms with Crippen LogP contribution in [-0.4, -0.2) is 18.1 Å². The second-order valence-electron chi connectivity index (χ2n) is 6.69. The van der Waals surface area contributed by atoms with Gasteiger partial charge in [0.2, 0.25) is 0 Å². The zero-order chi connectivity index (χ0) is 13.1. The third-order valence-electron chi connectivity index (χ3n) is 4.11. The van der Waals surface area contributed by atoms with Gasteiger partial charge in [0.25, 0.3) is 0 Å². The van der Waals surface area contributed by atoms with Crippen LogP contribution in [-0.2, 0) is 0 Å². The molecule has 2 aliphatic carbocycles. The molecule has 18 heavy (non-hydrogen) atoms. The van der Waals surface area contributed by atoms with E-state index in [1.165, 1.54) is 32.1 Å². The summed E-state index contributed by atoms with van der Waals surface area (Å²) < 4.78 is 0. The highest BCUT2D eigenvalue weighted by molar-refractivity contribution is 5.74. The zero-order valence-electron chi connectivity index (χ0n) is 12.0. The summed E-state index contributed by atoms with van der Waals surface area (Å²) in [5.41, 5.74) is 0. The van der Waals surface area contributed by atoms with Crippen molar-refractivity contribution in [1.82, 2.24) is 10.6 Å². The predicted molar refractivity (Wildman–Crippen MR) is 74.4 cm³/mol. The molecule has 0 saturated heterocycles. The van der Waals surface area contributed by atoms with Crippen molar-refractivity contribution >= 4 is 6.03 Å². The molecule has 2 amide bonds. The number of carbonyl (C=O) groups excluding carboxylic acids is 1. The monoisotopic (exact) mass is 252 g/mol. The van der Waals surface area contributed by atoms with Gasteiger partial charge in [-0.25, -0.2) is 4.79 Å². The van der Waals surface area contributed by atoms with E-state index in [1.807, 2.05) is 0 Å². The van der Waals surface area contributed by atoms with Crippen molar-refractivity contribution in [3.05, 3.63) is 0 Å². The molecule has 2 saturated carbocycles. The van der Waals surface area contributed by atoms with E-state index in [0.29, 0.717) is 12.0 Å². The Morgan fingerprint density at radius 3 is 2.00 bits per heavy atom. The quantitative estimate of drug-likeness (QED) is 0.717. The van der Waals surface area contributed by atoms with E-state index in [0.717, 1.165) is 18.3 Å². The molecule has 0 spiro atoms. The second kappa shape index (κ2) is 5.94. The zero-order valence-corrected chi connectivity index (χ0v) is 12.0. The van der Waals surface area contributed by atoms with Gasteiger partial charge in [0.05, 0.1) is 0 Å². The topological polar surface area (TPSA) is 41.1 Å². The summed E-state index contributed by atoms with van der Waals surface area (Å²) in [5, 5.41) is 6.29. The van der Waals surface area contributed by atoms with Crippen LogP contribution in [0.2, 0.25) is 0 Å². The predicted octanol–water partition coefficient (Wildman–Crippen LogP) is 3.30. The maximum absolute atomic E-state index is 12.0. The Bertz CT molecular complexity index is 270. The van der Waals surface area contributed by atoms with Crippen molar-refractivity contribution in [2.45, 2.75) is 71.4 Å². The summed E-state index contributed by atoms with van der Waals surface area (Å²) in [4.78, 5) is 12.0. The summed E-state index contributed by atoms with van der Waals surface area (Å²) >= 11 is 0. The highest BCUT2D eigenvalue weighted by atomic mass is 16.2. The number of hydrogen-bond acceptors (Lipinski definition) is 1. The largest absolute Gasteiger partial charge is 0.336 e. The summed E-state index contributed by atoms with van der Waals surface area (Å²) in [6, 6.07) is 0.795. The van der Waals surface area contributed by atoms with Crippen LogP contribution in [0.5, 0.6) is 0 Å². The molecule has 3 heteroatoms. The summed E-state index contributed by atoms with van der Waals surface area (Å²) in [5.74, 6) is 2.26. The lowest BCUT2D eigenvalue weighted by Crippen LogP contribution is -2.47. The maximum Gasteiger partial charge on any atom is 0.315 e. The molecule has 2 fully saturated rings. The molecular formula is C15H28N2O. The van der Waals surface area contributed by atoms with Crippen molar-refractivity contribution in [1.29, 1.82) is 0 Å². The molecule has 2 N–H and O–H groups in total. The number of hydrogen-bond donors (Lipinski definition) is 2. The fraction of sp³-hybridized carbons (Fsp3) is 0.933. The lowest BCUT2D eigenvalue weighted by molar-refractivity contribution is 0.229. The molecule has 0 radical (unpaired) electrons. The fourth-order valence-corrected chi connectivity index (χ4v) is 2.60. The van der Waals surface area contributed by atoms with Crippen molar-refractivity contribution in [2.24, 2.45) is 17.8 Å². The molecule has 0 aromatic heterocycles. The average molecular weight is 252 g/mol. The Morgan fingerprint density at radius 1 is 1.00 bits per heavy atom. The number of carbonyl (C=O) groups is 1. The normalized spacial score (nSPS) is 21.2. The Balaban J connectivity index is 1.67. The summed E-state index contributed by atoms with van der Waals surface area (Å²) in [6.07, 6.45) is 7.49. The molecule has 1 unspecified atom stereocenters. The van der Waals surface area contributed by atoms with Gasteiger partial charge in [-0.3, -0.25) is 0 Å². The minimum atomic E-state index is 0.0510. The van der Waals surface area contributed by atoms with Crippen LogP contribution < -0.4 is 10.6 Å². The molecule has 0 aromatic carbocycles. The van der Waals surface area contributed by atoms with Crippen LogP contribution in [0.25, 0.3) is 0 Å². The van der Waals surface area contributed by atoms with E-state index < -0.39 is 0 Å².